The molecule has 0 aliphatic carbocycles. The third kappa shape index (κ3) is 4.45. The lowest BCUT2D eigenvalue weighted by molar-refractivity contribution is -0.204. The molecule has 1 saturated heterocycles. The molecular weight excluding hydrogens is 464 g/mol. The number of nitrogens with two attached hydrogens (primary N) is 2. The lowest BCUT2D eigenvalue weighted by atomic mass is 10.0. The maximum atomic E-state index is 15.0. The number of thioether (sulfide) groups is 1. The number of pyridine rings is 1. The van der Waals surface area contributed by atoms with E-state index in [-0.39, 0.29) is 22.6 Å². The summed E-state index contributed by atoms with van der Waals surface area (Å²) in [5.41, 5.74) is 13.4. The van der Waals surface area contributed by atoms with E-state index in [0.717, 1.165) is 11.5 Å². The number of hydroxylamine groups is 1. The van der Waals surface area contributed by atoms with Crippen LogP contribution in [0.5, 0.6) is 0 Å². The molecule has 3 heterocycles. The second-order valence-corrected chi connectivity index (χ2v) is 8.79. The summed E-state index contributed by atoms with van der Waals surface area (Å²) in [6.07, 6.45) is -7.43. The molecule has 0 bridgehead atoms. The zero-order valence-corrected chi connectivity index (χ0v) is 18.4. The number of carbonyl (C=O) groups excluding carboxylic acids is 1. The highest BCUT2D eigenvalue weighted by atomic mass is 32.2. The number of benzene rings is 1. The Balaban J connectivity index is 1.81. The molecule has 0 radical (unpaired) electrons. The highest BCUT2D eigenvalue weighted by molar-refractivity contribution is 7.99. The number of aromatic nitrogens is 1. The minimum absolute atomic E-state index is 0.150. The van der Waals surface area contributed by atoms with E-state index in [1.54, 1.807) is 23.9 Å². The molecule has 1 aromatic carbocycles. The van der Waals surface area contributed by atoms with Gasteiger partial charge in [-0.15, -0.1) is 0 Å². The third-order valence-electron chi connectivity index (χ3n) is 5.54. The van der Waals surface area contributed by atoms with Crippen LogP contribution in [0.15, 0.2) is 30.3 Å². The van der Waals surface area contributed by atoms with Crippen molar-refractivity contribution in [2.45, 2.75) is 18.6 Å². The fourth-order valence-corrected chi connectivity index (χ4v) is 4.66. The number of fused-ring (bicyclic) bond motifs is 1. The van der Waals surface area contributed by atoms with Crippen LogP contribution in [-0.4, -0.2) is 60.0 Å². The molecule has 178 valence electrons. The fraction of sp³-hybridized carbons (Fsp3) is 0.400. The Bertz CT molecular complexity index is 1050. The minimum Gasteiger partial charge on any atom is -0.369 e. The molecule has 8 nitrogen and oxygen atoms in total. The van der Waals surface area contributed by atoms with Crippen LogP contribution in [0.3, 0.4) is 0 Å². The molecule has 33 heavy (non-hydrogen) atoms. The highest BCUT2D eigenvalue weighted by Crippen LogP contribution is 2.39. The molecule has 13 heteroatoms. The standard InChI is InChI=1S/C20H22F4N6O2S/c1-28-16(25)11-5-6-13(27-17(11)30(19(28)26)32-18(31)20(22,23)24)15-12(21)3-2-4-14(15)29-7-9-33-10-8-29/h2-6,16,19H,7-10,25-26H2,1H3. The quantitative estimate of drug-likeness (QED) is 0.634. The molecular formula is C20H22F4N6O2S. The van der Waals surface area contributed by atoms with Gasteiger partial charge in [0.15, 0.2) is 12.1 Å². The number of rotatable bonds is 3. The van der Waals surface area contributed by atoms with Crippen molar-refractivity contribution in [3.63, 3.8) is 0 Å². The summed E-state index contributed by atoms with van der Waals surface area (Å²) in [6.45, 7) is 1.42. The molecule has 4 rings (SSSR count). The van der Waals surface area contributed by atoms with E-state index in [2.05, 4.69) is 9.82 Å². The van der Waals surface area contributed by atoms with Gasteiger partial charge in [-0.05, 0) is 25.2 Å². The molecule has 0 saturated carbocycles. The van der Waals surface area contributed by atoms with Crippen molar-refractivity contribution in [1.82, 2.24) is 9.88 Å². The van der Waals surface area contributed by atoms with Gasteiger partial charge in [0.25, 0.3) is 0 Å². The van der Waals surface area contributed by atoms with Crippen LogP contribution in [0, 0.1) is 5.82 Å². The molecule has 0 spiro atoms. The summed E-state index contributed by atoms with van der Waals surface area (Å²) in [5, 5.41) is 0.552. The molecule has 1 aromatic heterocycles. The molecule has 2 aliphatic heterocycles. The Morgan fingerprint density at radius 3 is 2.55 bits per heavy atom. The number of carbonyl (C=O) groups is 1. The zero-order chi connectivity index (χ0) is 23.9. The molecule has 2 aliphatic rings. The lowest BCUT2D eigenvalue weighted by Gasteiger charge is -2.42. The summed E-state index contributed by atoms with van der Waals surface area (Å²) in [5.74, 6) is -1.43. The van der Waals surface area contributed by atoms with Crippen LogP contribution in [0.4, 0.5) is 29.1 Å². The fourth-order valence-electron chi connectivity index (χ4n) is 3.75. The van der Waals surface area contributed by atoms with Crippen molar-refractivity contribution < 1.29 is 27.2 Å². The van der Waals surface area contributed by atoms with Crippen LogP contribution in [0.1, 0.15) is 11.7 Å². The van der Waals surface area contributed by atoms with Crippen LogP contribution >= 0.6 is 11.8 Å². The van der Waals surface area contributed by atoms with Gasteiger partial charge in [-0.3, -0.25) is 10.6 Å². The summed E-state index contributed by atoms with van der Waals surface area (Å²) >= 11 is 1.80. The van der Waals surface area contributed by atoms with Crippen molar-refractivity contribution in [2.75, 3.05) is 41.6 Å². The normalized spacial score (nSPS) is 21.7. The van der Waals surface area contributed by atoms with Gasteiger partial charge in [-0.25, -0.2) is 14.2 Å². The van der Waals surface area contributed by atoms with Crippen molar-refractivity contribution in [2.24, 2.45) is 11.5 Å². The maximum absolute atomic E-state index is 15.0. The molecule has 2 unspecified atom stereocenters. The predicted molar refractivity (Wildman–Crippen MR) is 116 cm³/mol. The first-order valence-corrected chi connectivity index (χ1v) is 11.2. The number of halogens is 4. The number of nitrogens with zero attached hydrogens (tertiary/aromatic N) is 4. The van der Waals surface area contributed by atoms with E-state index in [1.807, 2.05) is 4.90 Å². The van der Waals surface area contributed by atoms with Gasteiger partial charge >= 0.3 is 12.1 Å². The van der Waals surface area contributed by atoms with Gasteiger partial charge in [0, 0.05) is 35.8 Å². The monoisotopic (exact) mass is 486 g/mol. The molecule has 2 aromatic rings. The van der Waals surface area contributed by atoms with Crippen LogP contribution in [-0.2, 0) is 9.63 Å². The lowest BCUT2D eigenvalue weighted by Crippen LogP contribution is -2.60. The average molecular weight is 486 g/mol. The second-order valence-electron chi connectivity index (χ2n) is 7.57. The van der Waals surface area contributed by atoms with E-state index in [9.17, 15) is 18.0 Å². The Labute approximate surface area is 191 Å². The minimum atomic E-state index is -5.25. The van der Waals surface area contributed by atoms with E-state index in [4.69, 9.17) is 11.5 Å². The van der Waals surface area contributed by atoms with E-state index < -0.39 is 30.4 Å². The molecule has 2 atom stereocenters. The smallest absolute Gasteiger partial charge is 0.369 e. The largest absolute Gasteiger partial charge is 0.493 e. The first-order valence-electron chi connectivity index (χ1n) is 10.0. The van der Waals surface area contributed by atoms with Gasteiger partial charge < -0.3 is 15.5 Å². The topological polar surface area (TPSA) is 101 Å². The average Bonchev–Trinajstić information content (AvgIpc) is 2.79. The van der Waals surface area contributed by atoms with Gasteiger partial charge in [-0.2, -0.15) is 30.0 Å². The van der Waals surface area contributed by atoms with Crippen LogP contribution in [0.25, 0.3) is 11.3 Å². The third-order valence-corrected chi connectivity index (χ3v) is 6.48. The number of alkyl halides is 3. The summed E-state index contributed by atoms with van der Waals surface area (Å²) in [6, 6.07) is 7.69. The summed E-state index contributed by atoms with van der Waals surface area (Å²) in [7, 11) is 1.46. The highest BCUT2D eigenvalue weighted by Gasteiger charge is 2.46. The molecule has 4 N–H and O–H groups in total. The number of hydrogen-bond acceptors (Lipinski definition) is 9. The second kappa shape index (κ2) is 8.97. The van der Waals surface area contributed by atoms with Gasteiger partial charge in [-0.1, -0.05) is 12.1 Å². The SMILES string of the molecule is CN1C(N)c2ccc(-c3c(F)cccc3N3CCSCC3)nc2N(OC(=O)C(F)(F)F)C1N. The van der Waals surface area contributed by atoms with E-state index in [0.29, 0.717) is 23.8 Å². The molecule has 1 fully saturated rings. The molecule has 0 amide bonds. The van der Waals surface area contributed by atoms with E-state index in [1.165, 1.54) is 30.1 Å². The van der Waals surface area contributed by atoms with Crippen LogP contribution < -0.4 is 21.4 Å². The van der Waals surface area contributed by atoms with Crippen molar-refractivity contribution in [3.8, 4) is 11.3 Å². The van der Waals surface area contributed by atoms with Crippen molar-refractivity contribution in [3.05, 3.63) is 41.7 Å². The van der Waals surface area contributed by atoms with Crippen molar-refractivity contribution >= 4 is 29.2 Å². The van der Waals surface area contributed by atoms with Gasteiger partial charge in [0.05, 0.1) is 17.4 Å². The van der Waals surface area contributed by atoms with Gasteiger partial charge in [0.1, 0.15) is 5.82 Å². The first-order chi connectivity index (χ1) is 15.6. The Hall–Kier alpha value is -2.61. The summed E-state index contributed by atoms with van der Waals surface area (Å²) < 4.78 is 53.7. The maximum Gasteiger partial charge on any atom is 0.493 e. The van der Waals surface area contributed by atoms with Gasteiger partial charge in [0.2, 0.25) is 0 Å². The number of hydrogen-bond donors (Lipinski definition) is 2. The Kier molecular flexibility index (Phi) is 6.40. The zero-order valence-electron chi connectivity index (χ0n) is 17.6. The summed E-state index contributed by atoms with van der Waals surface area (Å²) in [4.78, 5) is 23.8. The van der Waals surface area contributed by atoms with Crippen LogP contribution in [0.2, 0.25) is 0 Å². The van der Waals surface area contributed by atoms with Crippen molar-refractivity contribution in [1.29, 1.82) is 0 Å². The number of anilines is 2. The Morgan fingerprint density at radius 2 is 1.88 bits per heavy atom. The first kappa shape index (κ1) is 23.5. The van der Waals surface area contributed by atoms with E-state index >= 15 is 4.39 Å². The predicted octanol–water partition coefficient (Wildman–Crippen LogP) is 2.41. The Morgan fingerprint density at radius 1 is 1.18 bits per heavy atom.